The largest absolute Gasteiger partial charge is 0.478 e. The molecule has 2 aromatic carbocycles. The fourth-order valence-electron chi connectivity index (χ4n) is 3.77. The summed E-state index contributed by atoms with van der Waals surface area (Å²) in [4.78, 5) is 26.0. The summed E-state index contributed by atoms with van der Waals surface area (Å²) in [5, 5.41) is 25.9. The Bertz CT molecular complexity index is 1030. The summed E-state index contributed by atoms with van der Waals surface area (Å²) < 4.78 is 0. The molecular weight excluding hydrogens is 370 g/mol. The van der Waals surface area contributed by atoms with E-state index in [-0.39, 0.29) is 18.1 Å². The van der Waals surface area contributed by atoms with E-state index in [0.717, 1.165) is 28.1 Å². The predicted molar refractivity (Wildman–Crippen MR) is 106 cm³/mol. The summed E-state index contributed by atoms with van der Waals surface area (Å²) in [7, 11) is 0. The molecule has 1 amide bonds. The van der Waals surface area contributed by atoms with Crippen molar-refractivity contribution in [2.45, 2.75) is 25.4 Å². The van der Waals surface area contributed by atoms with Crippen LogP contribution < -0.4 is 0 Å². The first-order valence-corrected chi connectivity index (χ1v) is 9.43. The van der Waals surface area contributed by atoms with Crippen LogP contribution in [-0.4, -0.2) is 43.8 Å². The zero-order valence-corrected chi connectivity index (χ0v) is 15.7. The Kier molecular flexibility index (Phi) is 5.14. The Morgan fingerprint density at radius 3 is 2.45 bits per heavy atom. The Balaban J connectivity index is 1.56. The molecular formula is C22H21N3O4. The molecule has 4 rings (SSSR count). The van der Waals surface area contributed by atoms with E-state index in [1.54, 1.807) is 29.2 Å². The van der Waals surface area contributed by atoms with Crippen molar-refractivity contribution in [1.29, 1.82) is 0 Å². The lowest BCUT2D eigenvalue weighted by atomic mass is 9.94. The monoisotopic (exact) mass is 391 g/mol. The Hall–Kier alpha value is -3.45. The van der Waals surface area contributed by atoms with E-state index in [0.29, 0.717) is 19.5 Å². The molecule has 7 heteroatoms. The van der Waals surface area contributed by atoms with Crippen molar-refractivity contribution in [3.05, 3.63) is 77.0 Å². The lowest BCUT2D eigenvalue weighted by Gasteiger charge is -2.23. The van der Waals surface area contributed by atoms with Gasteiger partial charge in [-0.3, -0.25) is 9.89 Å². The second kappa shape index (κ2) is 7.89. The second-order valence-corrected chi connectivity index (χ2v) is 7.08. The second-order valence-electron chi connectivity index (χ2n) is 7.08. The van der Waals surface area contributed by atoms with Crippen LogP contribution in [0, 0.1) is 0 Å². The number of carboxylic acids is 1. The summed E-state index contributed by atoms with van der Waals surface area (Å²) in [6.07, 6.45) is 0.370. The number of hydrogen-bond donors (Lipinski definition) is 3. The minimum absolute atomic E-state index is 0.0259. The van der Waals surface area contributed by atoms with Gasteiger partial charge in [-0.25, -0.2) is 4.79 Å². The number of aromatic carboxylic acids is 1. The van der Waals surface area contributed by atoms with E-state index in [1.165, 1.54) is 0 Å². The summed E-state index contributed by atoms with van der Waals surface area (Å²) in [5.41, 5.74) is 4.46. The zero-order valence-electron chi connectivity index (χ0n) is 15.7. The van der Waals surface area contributed by atoms with Gasteiger partial charge in [0.2, 0.25) is 5.91 Å². The molecule has 0 bridgehead atoms. The average molecular weight is 391 g/mol. The van der Waals surface area contributed by atoms with Crippen molar-refractivity contribution in [3.63, 3.8) is 0 Å². The summed E-state index contributed by atoms with van der Waals surface area (Å²) in [6, 6.07) is 16.0. The number of amides is 1. The van der Waals surface area contributed by atoms with Crippen molar-refractivity contribution < 1.29 is 19.8 Å². The molecule has 1 unspecified atom stereocenters. The van der Waals surface area contributed by atoms with Crippen LogP contribution in [0.2, 0.25) is 0 Å². The highest BCUT2D eigenvalue weighted by atomic mass is 16.4. The highest BCUT2D eigenvalue weighted by Crippen LogP contribution is 2.33. The van der Waals surface area contributed by atoms with E-state index in [4.69, 9.17) is 5.11 Å². The van der Waals surface area contributed by atoms with Gasteiger partial charge in [0, 0.05) is 17.7 Å². The van der Waals surface area contributed by atoms with Crippen LogP contribution in [0.1, 0.15) is 39.5 Å². The number of nitrogens with zero attached hydrogens (tertiary/aromatic N) is 2. The number of benzene rings is 2. The van der Waals surface area contributed by atoms with Crippen LogP contribution in [0.3, 0.4) is 0 Å². The fraction of sp³-hybridized carbons (Fsp3) is 0.227. The molecule has 7 nitrogen and oxygen atoms in total. The lowest BCUT2D eigenvalue weighted by Crippen LogP contribution is -2.31. The Morgan fingerprint density at radius 1 is 1.07 bits per heavy atom. The molecule has 1 aliphatic heterocycles. The molecule has 2 heterocycles. The number of aromatic amines is 1. The first kappa shape index (κ1) is 18.9. The molecule has 0 spiro atoms. The zero-order chi connectivity index (χ0) is 20.4. The summed E-state index contributed by atoms with van der Waals surface area (Å²) in [5.74, 6) is -1.39. The number of H-pyrrole nitrogens is 1. The molecule has 0 saturated heterocycles. The number of nitrogens with one attached hydrogen (secondary N) is 1. The van der Waals surface area contributed by atoms with Gasteiger partial charge in [-0.1, -0.05) is 42.5 Å². The minimum atomic E-state index is -0.976. The number of aromatic nitrogens is 2. The predicted octanol–water partition coefficient (Wildman–Crippen LogP) is 2.78. The van der Waals surface area contributed by atoms with Crippen LogP contribution >= 0.6 is 0 Å². The third-order valence-corrected chi connectivity index (χ3v) is 5.29. The number of fused-ring (bicyclic) bond motifs is 1. The number of carboxylic acid groups (broad SMARTS) is 1. The highest BCUT2D eigenvalue weighted by molar-refractivity contribution is 5.88. The fourth-order valence-corrected chi connectivity index (χ4v) is 3.77. The standard InChI is InChI=1S/C22H21N3O4/c26-11-10-17(14-4-2-1-3-5-14)21(27)25-12-18-19(13-25)23-24-20(18)15-6-8-16(9-7-15)22(28)29/h1-9,17,26H,10-13H2,(H,23,24)(H,28,29). The first-order chi connectivity index (χ1) is 14.1. The maximum absolute atomic E-state index is 13.2. The van der Waals surface area contributed by atoms with Gasteiger partial charge in [-0.05, 0) is 24.1 Å². The maximum atomic E-state index is 13.2. The molecule has 0 aliphatic carbocycles. The van der Waals surface area contributed by atoms with E-state index in [2.05, 4.69) is 10.2 Å². The van der Waals surface area contributed by atoms with Crippen molar-refractivity contribution in [2.75, 3.05) is 6.61 Å². The van der Waals surface area contributed by atoms with Gasteiger partial charge < -0.3 is 15.1 Å². The lowest BCUT2D eigenvalue weighted by molar-refractivity contribution is -0.133. The van der Waals surface area contributed by atoms with E-state index >= 15 is 0 Å². The van der Waals surface area contributed by atoms with Crippen molar-refractivity contribution in [1.82, 2.24) is 15.1 Å². The topological polar surface area (TPSA) is 107 Å². The van der Waals surface area contributed by atoms with E-state index in [9.17, 15) is 14.7 Å². The SMILES string of the molecule is O=C(O)c1ccc(-c2n[nH]c3c2CN(C(=O)C(CCO)c2ccccc2)C3)cc1. The van der Waals surface area contributed by atoms with Crippen LogP contribution in [0.15, 0.2) is 54.6 Å². The Labute approximate surface area is 167 Å². The third kappa shape index (κ3) is 3.64. The molecule has 3 aromatic rings. The molecule has 0 fully saturated rings. The number of carbonyl (C=O) groups excluding carboxylic acids is 1. The van der Waals surface area contributed by atoms with E-state index < -0.39 is 11.9 Å². The minimum Gasteiger partial charge on any atom is -0.478 e. The smallest absolute Gasteiger partial charge is 0.335 e. The molecule has 148 valence electrons. The molecule has 1 atom stereocenters. The average Bonchev–Trinajstić information content (AvgIpc) is 3.33. The van der Waals surface area contributed by atoms with Crippen molar-refractivity contribution in [2.24, 2.45) is 0 Å². The number of hydrogen-bond acceptors (Lipinski definition) is 4. The first-order valence-electron chi connectivity index (χ1n) is 9.43. The van der Waals surface area contributed by atoms with Gasteiger partial charge >= 0.3 is 5.97 Å². The molecule has 0 saturated carbocycles. The van der Waals surface area contributed by atoms with Crippen LogP contribution in [-0.2, 0) is 17.9 Å². The van der Waals surface area contributed by atoms with Gasteiger partial charge in [0.25, 0.3) is 0 Å². The maximum Gasteiger partial charge on any atom is 0.335 e. The Morgan fingerprint density at radius 2 is 1.79 bits per heavy atom. The number of aliphatic hydroxyl groups excluding tert-OH is 1. The van der Waals surface area contributed by atoms with Gasteiger partial charge in [-0.15, -0.1) is 0 Å². The van der Waals surface area contributed by atoms with Gasteiger partial charge in [0.05, 0.1) is 36.0 Å². The third-order valence-electron chi connectivity index (χ3n) is 5.29. The molecule has 1 aromatic heterocycles. The molecule has 3 N–H and O–H groups in total. The van der Waals surface area contributed by atoms with Crippen molar-refractivity contribution in [3.8, 4) is 11.3 Å². The number of rotatable bonds is 6. The van der Waals surface area contributed by atoms with Crippen molar-refractivity contribution >= 4 is 11.9 Å². The quantitative estimate of drug-likeness (QED) is 0.599. The van der Waals surface area contributed by atoms with Crippen LogP contribution in [0.5, 0.6) is 0 Å². The molecule has 0 radical (unpaired) electrons. The van der Waals surface area contributed by atoms with E-state index in [1.807, 2.05) is 30.3 Å². The van der Waals surface area contributed by atoms with Crippen LogP contribution in [0.4, 0.5) is 0 Å². The van der Waals surface area contributed by atoms with Gasteiger partial charge in [-0.2, -0.15) is 5.10 Å². The van der Waals surface area contributed by atoms with Gasteiger partial charge in [0.1, 0.15) is 0 Å². The summed E-state index contributed by atoms with van der Waals surface area (Å²) >= 11 is 0. The highest BCUT2D eigenvalue weighted by Gasteiger charge is 2.32. The normalized spacial score (nSPS) is 13.9. The molecule has 1 aliphatic rings. The van der Waals surface area contributed by atoms with Crippen LogP contribution in [0.25, 0.3) is 11.3 Å². The number of aliphatic hydroxyl groups is 1. The van der Waals surface area contributed by atoms with Gasteiger partial charge in [0.15, 0.2) is 0 Å². The summed E-state index contributed by atoms with van der Waals surface area (Å²) in [6.45, 7) is 0.797. The number of carbonyl (C=O) groups is 2. The molecule has 29 heavy (non-hydrogen) atoms.